The molecule has 0 aliphatic heterocycles. The fourth-order valence-corrected chi connectivity index (χ4v) is 4.17. The van der Waals surface area contributed by atoms with Crippen molar-refractivity contribution in [3.05, 3.63) is 59.9 Å². The van der Waals surface area contributed by atoms with E-state index in [0.717, 1.165) is 35.6 Å². The molecule has 0 radical (unpaired) electrons. The lowest BCUT2D eigenvalue weighted by atomic mass is 10.2. The first-order chi connectivity index (χ1) is 14.9. The molecule has 2 amide bonds. The predicted octanol–water partition coefficient (Wildman–Crippen LogP) is 4.53. The zero-order valence-electron chi connectivity index (χ0n) is 17.8. The van der Waals surface area contributed by atoms with Crippen LogP contribution in [0.4, 0.5) is 11.4 Å². The van der Waals surface area contributed by atoms with Crippen LogP contribution in [0.2, 0.25) is 0 Å². The Labute approximate surface area is 185 Å². The van der Waals surface area contributed by atoms with Crippen molar-refractivity contribution in [1.82, 2.24) is 14.8 Å². The first kappa shape index (κ1) is 21.1. The van der Waals surface area contributed by atoms with Crippen molar-refractivity contribution in [3.8, 4) is 5.69 Å². The van der Waals surface area contributed by atoms with Gasteiger partial charge in [0.15, 0.2) is 5.16 Å². The molecule has 2 aromatic carbocycles. The van der Waals surface area contributed by atoms with Crippen LogP contribution >= 0.6 is 11.8 Å². The number of nitrogens with one attached hydrogen (secondary N) is 2. The quantitative estimate of drug-likeness (QED) is 0.532. The van der Waals surface area contributed by atoms with Gasteiger partial charge in [0.2, 0.25) is 11.8 Å². The van der Waals surface area contributed by atoms with E-state index in [1.165, 1.54) is 18.7 Å². The minimum atomic E-state index is -0.367. The van der Waals surface area contributed by atoms with Crippen LogP contribution in [0.1, 0.15) is 44.0 Å². The second-order valence-corrected chi connectivity index (χ2v) is 9.05. The van der Waals surface area contributed by atoms with Gasteiger partial charge in [0.1, 0.15) is 5.82 Å². The lowest BCUT2D eigenvalue weighted by Gasteiger charge is -2.15. The smallest absolute Gasteiger partial charge is 0.237 e. The minimum Gasteiger partial charge on any atom is -0.326 e. The maximum Gasteiger partial charge on any atom is 0.237 e. The summed E-state index contributed by atoms with van der Waals surface area (Å²) in [7, 11) is 0. The van der Waals surface area contributed by atoms with E-state index in [-0.39, 0.29) is 17.1 Å². The van der Waals surface area contributed by atoms with Crippen molar-refractivity contribution < 1.29 is 9.59 Å². The monoisotopic (exact) mass is 435 g/mol. The molecule has 1 aliphatic rings. The van der Waals surface area contributed by atoms with Gasteiger partial charge in [-0.25, -0.2) is 0 Å². The molecular formula is C23H25N5O2S. The van der Waals surface area contributed by atoms with E-state index in [9.17, 15) is 9.59 Å². The highest BCUT2D eigenvalue weighted by Crippen LogP contribution is 2.41. The summed E-state index contributed by atoms with van der Waals surface area (Å²) in [5.41, 5.74) is 3.40. The summed E-state index contributed by atoms with van der Waals surface area (Å²) in [6.45, 7) is 5.31. The van der Waals surface area contributed by atoms with Crippen LogP contribution in [0.25, 0.3) is 5.69 Å². The van der Waals surface area contributed by atoms with Crippen molar-refractivity contribution in [2.75, 3.05) is 10.6 Å². The van der Waals surface area contributed by atoms with Gasteiger partial charge in [-0.2, -0.15) is 0 Å². The van der Waals surface area contributed by atoms with E-state index >= 15 is 0 Å². The summed E-state index contributed by atoms with van der Waals surface area (Å²) >= 11 is 1.37. The minimum absolute atomic E-state index is 0.0891. The van der Waals surface area contributed by atoms with Gasteiger partial charge in [0.25, 0.3) is 0 Å². The molecule has 8 heteroatoms. The SMILES string of the molecule is CC(=O)Nc1cccc(-n2c(SC(C)C(=O)Nc3ccccc3C)nnc2C2CC2)c1. The largest absolute Gasteiger partial charge is 0.326 e. The summed E-state index contributed by atoms with van der Waals surface area (Å²) in [4.78, 5) is 24.3. The van der Waals surface area contributed by atoms with Crippen LogP contribution < -0.4 is 10.6 Å². The Morgan fingerprint density at radius 2 is 1.87 bits per heavy atom. The maximum atomic E-state index is 12.8. The second kappa shape index (κ2) is 8.93. The summed E-state index contributed by atoms with van der Waals surface area (Å²) in [6.07, 6.45) is 2.16. The van der Waals surface area contributed by atoms with E-state index in [2.05, 4.69) is 20.8 Å². The van der Waals surface area contributed by atoms with Gasteiger partial charge in [-0.15, -0.1) is 10.2 Å². The molecule has 1 aromatic heterocycles. The van der Waals surface area contributed by atoms with Crippen LogP contribution in [-0.2, 0) is 9.59 Å². The van der Waals surface area contributed by atoms with Crippen molar-refractivity contribution in [2.45, 2.75) is 49.9 Å². The summed E-state index contributed by atoms with van der Waals surface area (Å²) in [5, 5.41) is 14.9. The number of amides is 2. The van der Waals surface area contributed by atoms with E-state index < -0.39 is 0 Å². The van der Waals surface area contributed by atoms with Gasteiger partial charge < -0.3 is 10.6 Å². The van der Waals surface area contributed by atoms with E-state index in [0.29, 0.717) is 16.8 Å². The third-order valence-corrected chi connectivity index (χ3v) is 6.12. The number of nitrogens with zero attached hydrogens (tertiary/aromatic N) is 3. The lowest BCUT2D eigenvalue weighted by molar-refractivity contribution is -0.115. The molecule has 1 heterocycles. The molecule has 31 heavy (non-hydrogen) atoms. The van der Waals surface area contributed by atoms with Crippen molar-refractivity contribution in [1.29, 1.82) is 0 Å². The molecule has 1 aliphatic carbocycles. The van der Waals surface area contributed by atoms with Gasteiger partial charge in [-0.05, 0) is 56.5 Å². The summed E-state index contributed by atoms with van der Waals surface area (Å²) < 4.78 is 2.01. The van der Waals surface area contributed by atoms with E-state index in [4.69, 9.17) is 0 Å². The predicted molar refractivity (Wildman–Crippen MR) is 123 cm³/mol. The molecule has 160 valence electrons. The molecule has 1 unspecified atom stereocenters. The van der Waals surface area contributed by atoms with Gasteiger partial charge in [0.05, 0.1) is 10.9 Å². The number of thioether (sulfide) groups is 1. The highest BCUT2D eigenvalue weighted by Gasteiger charge is 2.32. The highest BCUT2D eigenvalue weighted by molar-refractivity contribution is 8.00. The third kappa shape index (κ3) is 4.96. The Kier molecular flexibility index (Phi) is 6.08. The number of carbonyl (C=O) groups excluding carboxylic acids is 2. The van der Waals surface area contributed by atoms with Gasteiger partial charge >= 0.3 is 0 Å². The van der Waals surface area contributed by atoms with Gasteiger partial charge in [-0.3, -0.25) is 14.2 Å². The first-order valence-electron chi connectivity index (χ1n) is 10.3. The second-order valence-electron chi connectivity index (χ2n) is 7.75. The number of hydrogen-bond acceptors (Lipinski definition) is 5. The molecule has 7 nitrogen and oxygen atoms in total. The molecule has 3 aromatic rings. The number of aromatic nitrogens is 3. The molecule has 4 rings (SSSR count). The third-order valence-electron chi connectivity index (χ3n) is 5.08. The lowest BCUT2D eigenvalue weighted by Crippen LogP contribution is -2.23. The van der Waals surface area contributed by atoms with Gasteiger partial charge in [0, 0.05) is 24.2 Å². The first-order valence-corrected chi connectivity index (χ1v) is 11.2. The number of hydrogen-bond donors (Lipinski definition) is 2. The van der Waals surface area contributed by atoms with Crippen LogP contribution in [0.5, 0.6) is 0 Å². The Morgan fingerprint density at radius 3 is 2.58 bits per heavy atom. The zero-order valence-corrected chi connectivity index (χ0v) is 18.6. The number of rotatable bonds is 7. The standard InChI is InChI=1S/C23H25N5O2S/c1-14-7-4-5-10-20(14)25-22(30)15(2)31-23-27-26-21(17-11-12-17)28(23)19-9-6-8-18(13-19)24-16(3)29/h4-10,13,15,17H,11-12H2,1-3H3,(H,24,29)(H,25,30). The number of benzene rings is 2. The maximum absolute atomic E-state index is 12.8. The number of carbonyl (C=O) groups is 2. The Morgan fingerprint density at radius 1 is 1.10 bits per heavy atom. The fourth-order valence-electron chi connectivity index (χ4n) is 3.29. The zero-order chi connectivity index (χ0) is 22.0. The molecule has 0 bridgehead atoms. The fraction of sp³-hybridized carbons (Fsp3) is 0.304. The van der Waals surface area contributed by atoms with Crippen LogP contribution in [0.15, 0.2) is 53.7 Å². The summed E-state index contributed by atoms with van der Waals surface area (Å²) in [5.74, 6) is 1.06. The topological polar surface area (TPSA) is 88.9 Å². The van der Waals surface area contributed by atoms with Crippen LogP contribution in [0, 0.1) is 6.92 Å². The van der Waals surface area contributed by atoms with E-state index in [1.807, 2.05) is 66.9 Å². The molecule has 2 N–H and O–H groups in total. The van der Waals surface area contributed by atoms with Crippen molar-refractivity contribution in [3.63, 3.8) is 0 Å². The molecule has 1 atom stereocenters. The highest BCUT2D eigenvalue weighted by atomic mass is 32.2. The number of para-hydroxylation sites is 1. The summed E-state index contributed by atoms with van der Waals surface area (Å²) in [6, 6.07) is 15.3. The Hall–Kier alpha value is -3.13. The molecule has 1 saturated carbocycles. The number of anilines is 2. The van der Waals surface area contributed by atoms with Crippen molar-refractivity contribution in [2.24, 2.45) is 0 Å². The van der Waals surface area contributed by atoms with Crippen molar-refractivity contribution >= 4 is 35.0 Å². The molecule has 0 saturated heterocycles. The molecule has 1 fully saturated rings. The number of aryl methyl sites for hydroxylation is 1. The average Bonchev–Trinajstić information content (AvgIpc) is 3.49. The Balaban J connectivity index is 1.59. The van der Waals surface area contributed by atoms with Crippen LogP contribution in [-0.4, -0.2) is 31.8 Å². The molecular weight excluding hydrogens is 410 g/mol. The molecule has 0 spiro atoms. The Bertz CT molecular complexity index is 1120. The average molecular weight is 436 g/mol. The van der Waals surface area contributed by atoms with Gasteiger partial charge in [-0.1, -0.05) is 36.0 Å². The van der Waals surface area contributed by atoms with Crippen LogP contribution in [0.3, 0.4) is 0 Å². The van der Waals surface area contributed by atoms with E-state index in [1.54, 1.807) is 0 Å². The normalized spacial score (nSPS) is 14.2.